The van der Waals surface area contributed by atoms with E-state index in [1.165, 1.54) is 16.9 Å². The van der Waals surface area contributed by atoms with Crippen LogP contribution in [-0.2, 0) is 13.0 Å². The van der Waals surface area contributed by atoms with Crippen molar-refractivity contribution in [3.05, 3.63) is 49.5 Å². The van der Waals surface area contributed by atoms with Gasteiger partial charge in [-0.3, -0.25) is 10.1 Å². The summed E-state index contributed by atoms with van der Waals surface area (Å²) in [6.45, 7) is 1.58. The molecular weight excluding hydrogens is 256 g/mol. The van der Waals surface area contributed by atoms with Gasteiger partial charge in [-0.05, 0) is 40.9 Å². The van der Waals surface area contributed by atoms with Crippen molar-refractivity contribution in [2.45, 2.75) is 13.0 Å². The molecule has 2 aromatic heterocycles. The van der Waals surface area contributed by atoms with Crippen molar-refractivity contribution in [1.82, 2.24) is 5.32 Å². The van der Waals surface area contributed by atoms with Crippen LogP contribution >= 0.6 is 22.7 Å². The summed E-state index contributed by atoms with van der Waals surface area (Å²) in [5.74, 6) is 0. The topological polar surface area (TPSA) is 55.2 Å². The van der Waals surface area contributed by atoms with Crippen LogP contribution in [0.1, 0.15) is 11.1 Å². The summed E-state index contributed by atoms with van der Waals surface area (Å²) >= 11 is 2.88. The first-order chi connectivity index (χ1) is 8.25. The van der Waals surface area contributed by atoms with E-state index >= 15 is 0 Å². The fourth-order valence-corrected chi connectivity index (χ4v) is 2.88. The lowest BCUT2D eigenvalue weighted by atomic mass is 10.2. The van der Waals surface area contributed by atoms with Crippen molar-refractivity contribution < 1.29 is 4.92 Å². The standard InChI is InChI=1S/C11H12N2O2S2/c14-13(15)11-5-10(8-17-11)6-12-3-1-9-2-4-16-7-9/h2,4-5,7-8,12H,1,3,6H2. The molecule has 0 amide bonds. The number of nitrogens with one attached hydrogen (secondary N) is 1. The van der Waals surface area contributed by atoms with E-state index < -0.39 is 0 Å². The highest BCUT2D eigenvalue weighted by atomic mass is 32.1. The Hall–Kier alpha value is -1.24. The average Bonchev–Trinajstić information content (AvgIpc) is 2.96. The van der Waals surface area contributed by atoms with Gasteiger partial charge in [0.2, 0.25) is 0 Å². The number of hydrogen-bond donors (Lipinski definition) is 1. The number of nitrogens with zero attached hydrogens (tertiary/aromatic N) is 1. The van der Waals surface area contributed by atoms with Gasteiger partial charge < -0.3 is 5.32 Å². The Morgan fingerprint density at radius 2 is 2.24 bits per heavy atom. The fraction of sp³-hybridized carbons (Fsp3) is 0.273. The van der Waals surface area contributed by atoms with Crippen molar-refractivity contribution in [3.8, 4) is 0 Å². The van der Waals surface area contributed by atoms with Crippen LogP contribution in [0.5, 0.6) is 0 Å². The van der Waals surface area contributed by atoms with E-state index in [1.54, 1.807) is 17.4 Å². The molecule has 0 aromatic carbocycles. The largest absolute Gasteiger partial charge is 0.324 e. The zero-order chi connectivity index (χ0) is 12.1. The molecule has 2 aromatic rings. The van der Waals surface area contributed by atoms with Gasteiger partial charge in [0.25, 0.3) is 0 Å². The van der Waals surface area contributed by atoms with Gasteiger partial charge in [-0.15, -0.1) is 0 Å². The summed E-state index contributed by atoms with van der Waals surface area (Å²) in [6.07, 6.45) is 0.996. The van der Waals surface area contributed by atoms with Gasteiger partial charge in [-0.2, -0.15) is 11.3 Å². The highest BCUT2D eigenvalue weighted by Crippen LogP contribution is 2.22. The summed E-state index contributed by atoms with van der Waals surface area (Å²) in [7, 11) is 0. The van der Waals surface area contributed by atoms with Crippen molar-refractivity contribution in [2.24, 2.45) is 0 Å². The Labute approximate surface area is 107 Å². The lowest BCUT2D eigenvalue weighted by Gasteiger charge is -2.01. The predicted octanol–water partition coefficient (Wildman–Crippen LogP) is 3.05. The van der Waals surface area contributed by atoms with E-state index in [1.807, 2.05) is 5.38 Å². The van der Waals surface area contributed by atoms with Crippen LogP contribution in [0, 0.1) is 10.1 Å². The van der Waals surface area contributed by atoms with Gasteiger partial charge in [-0.25, -0.2) is 0 Å². The lowest BCUT2D eigenvalue weighted by Crippen LogP contribution is -2.15. The molecule has 0 atom stereocenters. The third kappa shape index (κ3) is 3.62. The molecule has 0 saturated heterocycles. The van der Waals surface area contributed by atoms with Gasteiger partial charge in [0.15, 0.2) is 0 Å². The third-order valence-corrected chi connectivity index (χ3v) is 3.98. The molecule has 0 aliphatic rings. The van der Waals surface area contributed by atoms with E-state index in [4.69, 9.17) is 0 Å². The van der Waals surface area contributed by atoms with Crippen molar-refractivity contribution in [3.63, 3.8) is 0 Å². The summed E-state index contributed by atoms with van der Waals surface area (Å²) in [5, 5.41) is 20.0. The summed E-state index contributed by atoms with van der Waals surface area (Å²) in [5.41, 5.74) is 2.31. The minimum absolute atomic E-state index is 0.208. The highest BCUT2D eigenvalue weighted by Gasteiger charge is 2.08. The Kier molecular flexibility index (Phi) is 4.24. The zero-order valence-corrected chi connectivity index (χ0v) is 10.7. The molecule has 6 heteroatoms. The fourth-order valence-electron chi connectivity index (χ4n) is 1.45. The summed E-state index contributed by atoms with van der Waals surface area (Å²) in [4.78, 5) is 10.1. The minimum atomic E-state index is -0.348. The van der Waals surface area contributed by atoms with Crippen LogP contribution in [0.2, 0.25) is 0 Å². The van der Waals surface area contributed by atoms with E-state index in [0.29, 0.717) is 6.54 Å². The van der Waals surface area contributed by atoms with Crippen LogP contribution in [0.3, 0.4) is 0 Å². The monoisotopic (exact) mass is 268 g/mol. The SMILES string of the molecule is O=[N+]([O-])c1cc(CNCCc2ccsc2)cs1. The Balaban J connectivity index is 1.72. The molecule has 0 spiro atoms. The van der Waals surface area contributed by atoms with Crippen LogP contribution in [0.4, 0.5) is 5.00 Å². The van der Waals surface area contributed by atoms with E-state index in [0.717, 1.165) is 18.5 Å². The molecule has 2 rings (SSSR count). The molecular formula is C11H12N2O2S2. The highest BCUT2D eigenvalue weighted by molar-refractivity contribution is 7.13. The summed E-state index contributed by atoms with van der Waals surface area (Å²) in [6, 6.07) is 3.74. The minimum Gasteiger partial charge on any atom is -0.312 e. The molecule has 0 fully saturated rings. The van der Waals surface area contributed by atoms with Gasteiger partial charge in [-0.1, -0.05) is 11.3 Å². The molecule has 2 heterocycles. The first kappa shape index (κ1) is 12.2. The first-order valence-electron chi connectivity index (χ1n) is 5.19. The molecule has 0 unspecified atom stereocenters. The predicted molar refractivity (Wildman–Crippen MR) is 70.7 cm³/mol. The van der Waals surface area contributed by atoms with E-state index in [-0.39, 0.29) is 9.92 Å². The van der Waals surface area contributed by atoms with Crippen LogP contribution in [0.25, 0.3) is 0 Å². The third-order valence-electron chi connectivity index (χ3n) is 2.32. The summed E-state index contributed by atoms with van der Waals surface area (Å²) < 4.78 is 0. The Bertz CT molecular complexity index is 479. The maximum Gasteiger partial charge on any atom is 0.324 e. The van der Waals surface area contributed by atoms with E-state index in [2.05, 4.69) is 22.1 Å². The van der Waals surface area contributed by atoms with Gasteiger partial charge in [0, 0.05) is 18.0 Å². The Morgan fingerprint density at radius 1 is 1.35 bits per heavy atom. The first-order valence-corrected chi connectivity index (χ1v) is 7.01. The molecule has 0 radical (unpaired) electrons. The molecule has 4 nitrogen and oxygen atoms in total. The lowest BCUT2D eigenvalue weighted by molar-refractivity contribution is -0.380. The number of hydrogen-bond acceptors (Lipinski definition) is 5. The Morgan fingerprint density at radius 3 is 2.88 bits per heavy atom. The number of thiophene rings is 2. The van der Waals surface area contributed by atoms with Gasteiger partial charge >= 0.3 is 5.00 Å². The molecule has 0 aliphatic heterocycles. The second kappa shape index (κ2) is 5.90. The molecule has 0 aliphatic carbocycles. The van der Waals surface area contributed by atoms with Crippen LogP contribution < -0.4 is 5.32 Å². The van der Waals surface area contributed by atoms with Crippen molar-refractivity contribution in [1.29, 1.82) is 0 Å². The zero-order valence-electron chi connectivity index (χ0n) is 9.09. The van der Waals surface area contributed by atoms with Crippen LogP contribution in [0.15, 0.2) is 28.3 Å². The number of rotatable bonds is 6. The molecule has 90 valence electrons. The van der Waals surface area contributed by atoms with Gasteiger partial charge in [0.1, 0.15) is 0 Å². The van der Waals surface area contributed by atoms with Crippen LogP contribution in [-0.4, -0.2) is 11.5 Å². The number of nitro groups is 1. The maximum absolute atomic E-state index is 10.5. The van der Waals surface area contributed by atoms with Crippen molar-refractivity contribution in [2.75, 3.05) is 6.54 Å². The quantitative estimate of drug-likeness (QED) is 0.497. The second-order valence-electron chi connectivity index (χ2n) is 3.61. The smallest absolute Gasteiger partial charge is 0.312 e. The van der Waals surface area contributed by atoms with E-state index in [9.17, 15) is 10.1 Å². The molecule has 0 bridgehead atoms. The second-order valence-corrected chi connectivity index (χ2v) is 5.28. The van der Waals surface area contributed by atoms with Crippen molar-refractivity contribution >= 4 is 27.7 Å². The average molecular weight is 268 g/mol. The molecule has 17 heavy (non-hydrogen) atoms. The maximum atomic E-state index is 10.5. The normalized spacial score (nSPS) is 10.6. The van der Waals surface area contributed by atoms with Gasteiger partial charge in [0.05, 0.1) is 4.92 Å². The molecule has 0 saturated carbocycles. The molecule has 1 N–H and O–H groups in total.